The highest BCUT2D eigenvalue weighted by atomic mass is 19.1. The number of carbonyl (C=O) groups excluding carboxylic acids is 2. The van der Waals surface area contributed by atoms with Crippen molar-refractivity contribution in [3.8, 4) is 5.75 Å². The first-order valence-corrected chi connectivity index (χ1v) is 11.4. The van der Waals surface area contributed by atoms with Crippen molar-refractivity contribution in [3.63, 3.8) is 0 Å². The van der Waals surface area contributed by atoms with E-state index in [2.05, 4.69) is 5.32 Å². The molecule has 0 aliphatic carbocycles. The number of amides is 2. The maximum Gasteiger partial charge on any atom is 0.276 e. The van der Waals surface area contributed by atoms with Crippen molar-refractivity contribution in [2.45, 2.75) is 38.9 Å². The lowest BCUT2D eigenvalue weighted by Gasteiger charge is -2.34. The summed E-state index contributed by atoms with van der Waals surface area (Å²) < 4.78 is 40.3. The van der Waals surface area contributed by atoms with Crippen molar-refractivity contribution in [3.05, 3.63) is 99.0 Å². The van der Waals surface area contributed by atoms with Crippen molar-refractivity contribution >= 4 is 11.8 Å². The van der Waals surface area contributed by atoms with Crippen LogP contribution in [0.25, 0.3) is 0 Å². The normalized spacial score (nSPS) is 18.5. The number of pyridine rings is 1. The summed E-state index contributed by atoms with van der Waals surface area (Å²) in [4.78, 5) is 41.4. The maximum absolute atomic E-state index is 14.0. The smallest absolute Gasteiger partial charge is 0.276 e. The van der Waals surface area contributed by atoms with Crippen LogP contribution in [0.15, 0.2) is 59.5 Å². The Bertz CT molecular complexity index is 1390. The fourth-order valence-electron chi connectivity index (χ4n) is 4.42. The summed E-state index contributed by atoms with van der Waals surface area (Å²) >= 11 is 0. The number of rotatable bonds is 6. The van der Waals surface area contributed by atoms with Gasteiger partial charge in [-0.25, -0.2) is 8.78 Å². The molecule has 2 aromatic carbocycles. The average molecular weight is 495 g/mol. The summed E-state index contributed by atoms with van der Waals surface area (Å²) in [5.41, 5.74) is -0.144. The van der Waals surface area contributed by atoms with Gasteiger partial charge in [-0.3, -0.25) is 14.4 Å². The molecule has 2 aliphatic heterocycles. The molecule has 0 spiro atoms. The predicted octanol–water partition coefficient (Wildman–Crippen LogP) is 2.84. The van der Waals surface area contributed by atoms with Gasteiger partial charge in [-0.05, 0) is 18.6 Å². The molecule has 1 unspecified atom stereocenters. The van der Waals surface area contributed by atoms with Crippen LogP contribution in [-0.4, -0.2) is 40.2 Å². The Labute approximate surface area is 205 Å². The molecule has 1 saturated heterocycles. The van der Waals surface area contributed by atoms with Crippen LogP contribution >= 0.6 is 0 Å². The SMILES string of the molecule is C[C@H]1COC2Cn3cc(C(=O)NCc4ccc(F)cc4F)c(=O)c(OCc4ccccc4)c3C(=O)N21. The van der Waals surface area contributed by atoms with Crippen LogP contribution in [0.4, 0.5) is 8.78 Å². The van der Waals surface area contributed by atoms with Crippen LogP contribution in [0.5, 0.6) is 5.75 Å². The first-order chi connectivity index (χ1) is 17.3. The maximum atomic E-state index is 14.0. The van der Waals surface area contributed by atoms with Crippen molar-refractivity contribution in [1.82, 2.24) is 14.8 Å². The molecule has 1 N–H and O–H groups in total. The first kappa shape index (κ1) is 23.7. The van der Waals surface area contributed by atoms with Gasteiger partial charge in [-0.15, -0.1) is 0 Å². The summed E-state index contributed by atoms with van der Waals surface area (Å²) in [5.74, 6) is -2.99. The van der Waals surface area contributed by atoms with E-state index in [1.54, 1.807) is 4.90 Å². The second kappa shape index (κ2) is 9.54. The van der Waals surface area contributed by atoms with Gasteiger partial charge < -0.3 is 24.3 Å². The van der Waals surface area contributed by atoms with Crippen molar-refractivity contribution in [2.24, 2.45) is 0 Å². The minimum absolute atomic E-state index is 0.0116. The van der Waals surface area contributed by atoms with E-state index in [9.17, 15) is 23.2 Å². The van der Waals surface area contributed by atoms with E-state index in [1.807, 2.05) is 37.3 Å². The van der Waals surface area contributed by atoms with E-state index in [0.29, 0.717) is 12.7 Å². The standard InChI is InChI=1S/C26H23F2N3O5/c1-15-13-35-21-12-30-11-19(25(33)29-10-17-7-8-18(27)9-20(17)28)23(32)24(22(30)26(34)31(15)21)36-14-16-5-3-2-4-6-16/h2-9,11,15,21H,10,12-14H2,1H3,(H,29,33)/t15-,21?/m0/s1. The van der Waals surface area contributed by atoms with E-state index >= 15 is 0 Å². The van der Waals surface area contributed by atoms with Gasteiger partial charge in [-0.1, -0.05) is 36.4 Å². The zero-order valence-corrected chi connectivity index (χ0v) is 19.4. The fourth-order valence-corrected chi connectivity index (χ4v) is 4.42. The van der Waals surface area contributed by atoms with E-state index in [-0.39, 0.29) is 48.3 Å². The highest BCUT2D eigenvalue weighted by Crippen LogP contribution is 2.30. The van der Waals surface area contributed by atoms with Crippen LogP contribution in [0.1, 0.15) is 38.9 Å². The molecule has 2 aliphatic rings. The molecule has 36 heavy (non-hydrogen) atoms. The molecule has 8 nitrogen and oxygen atoms in total. The molecule has 186 valence electrons. The average Bonchev–Trinajstić information content (AvgIpc) is 3.24. The molecule has 1 fully saturated rings. The molecule has 2 atom stereocenters. The van der Waals surface area contributed by atoms with E-state index < -0.39 is 35.1 Å². The van der Waals surface area contributed by atoms with Crippen LogP contribution in [0, 0.1) is 11.6 Å². The monoisotopic (exact) mass is 495 g/mol. The second-order valence-corrected chi connectivity index (χ2v) is 8.74. The molecule has 0 bridgehead atoms. The van der Waals surface area contributed by atoms with Crippen molar-refractivity contribution in [1.29, 1.82) is 0 Å². The number of halogens is 2. The number of carbonyl (C=O) groups is 2. The summed E-state index contributed by atoms with van der Waals surface area (Å²) in [6, 6.07) is 11.9. The lowest BCUT2D eigenvalue weighted by molar-refractivity contribution is 0.00603. The lowest BCUT2D eigenvalue weighted by atomic mass is 10.1. The number of fused-ring (bicyclic) bond motifs is 2. The second-order valence-electron chi connectivity index (χ2n) is 8.74. The van der Waals surface area contributed by atoms with Gasteiger partial charge in [-0.2, -0.15) is 0 Å². The zero-order valence-electron chi connectivity index (χ0n) is 19.4. The van der Waals surface area contributed by atoms with E-state index in [4.69, 9.17) is 9.47 Å². The number of nitrogens with one attached hydrogen (secondary N) is 1. The molecule has 10 heteroatoms. The molecular weight excluding hydrogens is 472 g/mol. The van der Waals surface area contributed by atoms with Gasteiger partial charge in [0, 0.05) is 24.4 Å². The Balaban J connectivity index is 1.50. The Morgan fingerprint density at radius 3 is 2.69 bits per heavy atom. The lowest BCUT2D eigenvalue weighted by Crippen LogP contribution is -2.49. The van der Waals surface area contributed by atoms with Gasteiger partial charge in [0.25, 0.3) is 11.8 Å². The highest BCUT2D eigenvalue weighted by molar-refractivity contribution is 5.99. The molecule has 2 amide bonds. The Kier molecular flexibility index (Phi) is 6.27. The van der Waals surface area contributed by atoms with Crippen LogP contribution in [0.2, 0.25) is 0 Å². The number of hydrogen-bond acceptors (Lipinski definition) is 5. The van der Waals surface area contributed by atoms with E-state index in [1.165, 1.54) is 16.8 Å². The molecule has 3 heterocycles. The predicted molar refractivity (Wildman–Crippen MR) is 124 cm³/mol. The summed E-state index contributed by atoms with van der Waals surface area (Å²) in [5, 5.41) is 2.49. The van der Waals surface area contributed by atoms with Gasteiger partial charge in [0.1, 0.15) is 23.8 Å². The molecule has 0 saturated carbocycles. The first-order valence-electron chi connectivity index (χ1n) is 11.4. The van der Waals surface area contributed by atoms with Crippen LogP contribution in [-0.2, 0) is 24.4 Å². The Hall–Kier alpha value is -4.05. The highest BCUT2D eigenvalue weighted by Gasteiger charge is 2.43. The number of aromatic nitrogens is 1. The molecule has 1 aromatic heterocycles. The summed E-state index contributed by atoms with van der Waals surface area (Å²) in [7, 11) is 0. The molecule has 0 radical (unpaired) electrons. The quantitative estimate of drug-likeness (QED) is 0.568. The number of hydrogen-bond donors (Lipinski definition) is 1. The van der Waals surface area contributed by atoms with Crippen molar-refractivity contribution < 1.29 is 27.8 Å². The van der Waals surface area contributed by atoms with Crippen molar-refractivity contribution in [2.75, 3.05) is 6.61 Å². The fraction of sp³-hybridized carbons (Fsp3) is 0.269. The Morgan fingerprint density at radius 2 is 1.94 bits per heavy atom. The van der Waals surface area contributed by atoms with E-state index in [0.717, 1.165) is 11.6 Å². The van der Waals surface area contributed by atoms with Gasteiger partial charge in [0.15, 0.2) is 17.7 Å². The molecule has 3 aromatic rings. The molecular formula is C26H23F2N3O5. The minimum atomic E-state index is -0.817. The third-order valence-corrected chi connectivity index (χ3v) is 6.27. The van der Waals surface area contributed by atoms with Gasteiger partial charge in [0.2, 0.25) is 5.43 Å². The van der Waals surface area contributed by atoms with Crippen LogP contribution in [0.3, 0.4) is 0 Å². The van der Waals surface area contributed by atoms with Gasteiger partial charge >= 0.3 is 0 Å². The largest absolute Gasteiger partial charge is 0.483 e. The number of nitrogens with zero attached hydrogens (tertiary/aromatic N) is 2. The third-order valence-electron chi connectivity index (χ3n) is 6.27. The minimum Gasteiger partial charge on any atom is -0.483 e. The van der Waals surface area contributed by atoms with Crippen LogP contribution < -0.4 is 15.5 Å². The summed E-state index contributed by atoms with van der Waals surface area (Å²) in [6.07, 6.45) is 0.763. The summed E-state index contributed by atoms with van der Waals surface area (Å²) in [6.45, 7) is 2.17. The number of ether oxygens (including phenoxy) is 2. The zero-order chi connectivity index (χ0) is 25.4. The van der Waals surface area contributed by atoms with Gasteiger partial charge in [0.05, 0.1) is 19.2 Å². The molecule has 5 rings (SSSR count). The number of benzene rings is 2. The Morgan fingerprint density at radius 1 is 1.17 bits per heavy atom. The third kappa shape index (κ3) is 4.35. The topological polar surface area (TPSA) is 89.9 Å².